The van der Waals surface area contributed by atoms with Crippen LogP contribution < -0.4 is 0 Å². The molecule has 0 aromatic rings. The molecular weight excluding hydrogens is 160 g/mol. The van der Waals surface area contributed by atoms with Crippen LogP contribution in [0, 0.1) is 0 Å². The van der Waals surface area contributed by atoms with E-state index >= 15 is 0 Å². The van der Waals surface area contributed by atoms with Gasteiger partial charge in [-0.2, -0.15) is 0 Å². The normalized spacial score (nSPS) is 12.1. The predicted octanol–water partition coefficient (Wildman–Crippen LogP) is 2.06. The first-order chi connectivity index (χ1) is 5.27. The van der Waals surface area contributed by atoms with E-state index in [9.17, 15) is 4.79 Å². The van der Waals surface area contributed by atoms with Gasteiger partial charge in [0.1, 0.15) is 0 Å². The van der Waals surface area contributed by atoms with Gasteiger partial charge in [-0.25, -0.2) is 4.79 Å². The van der Waals surface area contributed by atoms with Gasteiger partial charge < -0.3 is 5.11 Å². The molecule has 0 radical (unpaired) electrons. The van der Waals surface area contributed by atoms with Crippen LogP contribution in [0.1, 0.15) is 0 Å². The van der Waals surface area contributed by atoms with Gasteiger partial charge in [0, 0.05) is 6.08 Å². The maximum Gasteiger partial charge on any atom is 0.328 e. The summed E-state index contributed by atoms with van der Waals surface area (Å²) in [6, 6.07) is 0. The van der Waals surface area contributed by atoms with Crippen molar-refractivity contribution in [2.24, 2.45) is 0 Å². The Morgan fingerprint density at radius 2 is 1.91 bits per heavy atom. The van der Waals surface area contributed by atoms with Crippen molar-refractivity contribution >= 4 is 17.7 Å². The molecule has 0 saturated heterocycles. The van der Waals surface area contributed by atoms with E-state index in [1.165, 1.54) is 6.08 Å². The topological polar surface area (TPSA) is 37.3 Å². The fraction of sp³-hybridized carbons (Fsp3) is 0.125. The first-order valence-electron chi connectivity index (χ1n) is 3.03. The van der Waals surface area contributed by atoms with E-state index in [0.29, 0.717) is 0 Å². The number of allylic oxidation sites excluding steroid dienone is 4. The van der Waals surface area contributed by atoms with Gasteiger partial charge in [0.15, 0.2) is 0 Å². The van der Waals surface area contributed by atoms with Crippen LogP contribution >= 0.6 is 11.8 Å². The van der Waals surface area contributed by atoms with Gasteiger partial charge >= 0.3 is 5.97 Å². The molecule has 60 valence electrons. The highest BCUT2D eigenvalue weighted by atomic mass is 32.2. The number of hydrogen-bond acceptors (Lipinski definition) is 2. The molecule has 2 nitrogen and oxygen atoms in total. The number of thioether (sulfide) groups is 1. The molecule has 0 aliphatic heterocycles. The molecule has 1 N–H and O–H groups in total. The Morgan fingerprint density at radius 3 is 2.45 bits per heavy atom. The van der Waals surface area contributed by atoms with Gasteiger partial charge in [-0.3, -0.25) is 0 Å². The van der Waals surface area contributed by atoms with Crippen molar-refractivity contribution in [3.8, 4) is 0 Å². The minimum Gasteiger partial charge on any atom is -0.478 e. The molecule has 0 saturated carbocycles. The lowest BCUT2D eigenvalue weighted by Crippen LogP contribution is -1.84. The molecule has 0 unspecified atom stereocenters. The molecule has 11 heavy (non-hydrogen) atoms. The van der Waals surface area contributed by atoms with E-state index in [-0.39, 0.29) is 0 Å². The van der Waals surface area contributed by atoms with E-state index in [4.69, 9.17) is 5.11 Å². The Kier molecular flexibility index (Phi) is 6.53. The van der Waals surface area contributed by atoms with Crippen LogP contribution in [0.2, 0.25) is 0 Å². The van der Waals surface area contributed by atoms with Crippen LogP contribution in [-0.2, 0) is 4.79 Å². The minimum atomic E-state index is -0.927. The Bertz CT molecular complexity index is 192. The van der Waals surface area contributed by atoms with Crippen molar-refractivity contribution < 1.29 is 9.90 Å². The average Bonchev–Trinajstić information content (AvgIpc) is 1.96. The minimum absolute atomic E-state index is 0.927. The first-order valence-corrected chi connectivity index (χ1v) is 4.31. The summed E-state index contributed by atoms with van der Waals surface area (Å²) in [7, 11) is 0. The molecule has 0 aliphatic carbocycles. The summed E-state index contributed by atoms with van der Waals surface area (Å²) in [5.41, 5.74) is 0. The molecule has 0 bridgehead atoms. The van der Waals surface area contributed by atoms with E-state index < -0.39 is 5.97 Å². The molecule has 0 aliphatic rings. The molecular formula is C8H10O2S. The van der Waals surface area contributed by atoms with E-state index in [0.717, 1.165) is 6.08 Å². The van der Waals surface area contributed by atoms with Gasteiger partial charge in [0.05, 0.1) is 0 Å². The van der Waals surface area contributed by atoms with Crippen LogP contribution in [0.5, 0.6) is 0 Å². The van der Waals surface area contributed by atoms with Crippen LogP contribution in [0.4, 0.5) is 0 Å². The van der Waals surface area contributed by atoms with Crippen LogP contribution in [-0.4, -0.2) is 17.3 Å². The number of carboxylic acid groups (broad SMARTS) is 1. The number of hydrogen-bond donors (Lipinski definition) is 1. The summed E-state index contributed by atoms with van der Waals surface area (Å²) in [4.78, 5) is 9.95. The Morgan fingerprint density at radius 1 is 1.27 bits per heavy atom. The maximum atomic E-state index is 9.95. The molecule has 0 amide bonds. The van der Waals surface area contributed by atoms with Crippen molar-refractivity contribution in [1.82, 2.24) is 0 Å². The summed E-state index contributed by atoms with van der Waals surface area (Å²) in [6.45, 7) is 0. The predicted molar refractivity (Wildman–Crippen MR) is 48.6 cm³/mol. The second-order valence-electron chi connectivity index (χ2n) is 1.65. The molecule has 0 aromatic carbocycles. The van der Waals surface area contributed by atoms with E-state index in [1.807, 2.05) is 17.7 Å². The Balaban J connectivity index is 3.60. The molecule has 0 spiro atoms. The second-order valence-corrected chi connectivity index (χ2v) is 2.39. The van der Waals surface area contributed by atoms with Gasteiger partial charge in [0.25, 0.3) is 0 Å². The van der Waals surface area contributed by atoms with Gasteiger partial charge in [-0.05, 0) is 11.7 Å². The zero-order valence-corrected chi connectivity index (χ0v) is 7.04. The zero-order chi connectivity index (χ0) is 8.53. The van der Waals surface area contributed by atoms with Crippen molar-refractivity contribution in [2.45, 2.75) is 0 Å². The SMILES string of the molecule is CS/C=C/C=C/C=C/C(=O)O. The van der Waals surface area contributed by atoms with Crippen molar-refractivity contribution in [2.75, 3.05) is 6.26 Å². The lowest BCUT2D eigenvalue weighted by Gasteiger charge is -1.75. The molecule has 3 heteroatoms. The standard InChI is InChI=1S/C8H10O2S/c1-11-7-5-3-2-4-6-8(9)10/h2-7H,1H3,(H,9,10)/b3-2+,6-4+,7-5+. The smallest absolute Gasteiger partial charge is 0.328 e. The summed E-state index contributed by atoms with van der Waals surface area (Å²) in [5.74, 6) is -0.927. The van der Waals surface area contributed by atoms with Crippen molar-refractivity contribution in [3.63, 3.8) is 0 Å². The Labute approximate surface area is 70.3 Å². The zero-order valence-electron chi connectivity index (χ0n) is 6.23. The largest absolute Gasteiger partial charge is 0.478 e. The van der Waals surface area contributed by atoms with Gasteiger partial charge in [-0.15, -0.1) is 11.8 Å². The van der Waals surface area contributed by atoms with E-state index in [1.54, 1.807) is 23.9 Å². The molecule has 0 rings (SSSR count). The summed E-state index contributed by atoms with van der Waals surface area (Å²) in [5, 5.41) is 10.1. The molecule has 0 atom stereocenters. The number of carboxylic acids is 1. The number of carbonyl (C=O) groups is 1. The summed E-state index contributed by atoms with van der Waals surface area (Å²) < 4.78 is 0. The van der Waals surface area contributed by atoms with Gasteiger partial charge in [-0.1, -0.05) is 24.3 Å². The molecule has 0 heterocycles. The van der Waals surface area contributed by atoms with Crippen LogP contribution in [0.3, 0.4) is 0 Å². The van der Waals surface area contributed by atoms with Crippen molar-refractivity contribution in [1.29, 1.82) is 0 Å². The summed E-state index contributed by atoms with van der Waals surface area (Å²) >= 11 is 1.59. The third-order valence-electron chi connectivity index (χ3n) is 0.787. The highest BCUT2D eigenvalue weighted by Gasteiger charge is 1.78. The maximum absolute atomic E-state index is 9.95. The highest BCUT2D eigenvalue weighted by molar-refractivity contribution is 8.01. The molecule has 0 aromatic heterocycles. The second kappa shape index (κ2) is 7.15. The fourth-order valence-electron chi connectivity index (χ4n) is 0.390. The number of aliphatic carboxylic acids is 1. The fourth-order valence-corrected chi connectivity index (χ4v) is 0.638. The average molecular weight is 170 g/mol. The Hall–Kier alpha value is -0.960. The quantitative estimate of drug-likeness (QED) is 0.518. The van der Waals surface area contributed by atoms with Crippen molar-refractivity contribution in [3.05, 3.63) is 35.8 Å². The molecule has 0 fully saturated rings. The third kappa shape index (κ3) is 9.04. The van der Waals surface area contributed by atoms with Crippen LogP contribution in [0.25, 0.3) is 0 Å². The monoisotopic (exact) mass is 170 g/mol. The number of rotatable bonds is 4. The summed E-state index contributed by atoms with van der Waals surface area (Å²) in [6.07, 6.45) is 9.81. The van der Waals surface area contributed by atoms with Crippen LogP contribution in [0.15, 0.2) is 35.8 Å². The van der Waals surface area contributed by atoms with Gasteiger partial charge in [0.2, 0.25) is 0 Å². The third-order valence-corrected chi connectivity index (χ3v) is 1.22. The lowest BCUT2D eigenvalue weighted by molar-refractivity contribution is -0.131. The first kappa shape index (κ1) is 10.0. The van der Waals surface area contributed by atoms with E-state index in [2.05, 4.69) is 0 Å². The highest BCUT2D eigenvalue weighted by Crippen LogP contribution is 1.92. The lowest BCUT2D eigenvalue weighted by atomic mass is 10.4.